The van der Waals surface area contributed by atoms with Gasteiger partial charge in [0.15, 0.2) is 0 Å². The molecule has 0 bridgehead atoms. The fraction of sp³-hybridized carbons (Fsp3) is 0.533. The van der Waals surface area contributed by atoms with Crippen molar-refractivity contribution in [3.05, 3.63) is 29.8 Å². The molecule has 0 aromatic heterocycles. The monoisotopic (exact) mass is 248 g/mol. The van der Waals surface area contributed by atoms with Gasteiger partial charge in [-0.05, 0) is 30.0 Å². The number of rotatable bonds is 6. The molecule has 0 aliphatic carbocycles. The average Bonchev–Trinajstić information content (AvgIpc) is 2.28. The molecule has 1 amide bonds. The molecular formula is C15H24N2O. The summed E-state index contributed by atoms with van der Waals surface area (Å²) in [7, 11) is 1.82. The number of carbonyl (C=O) groups is 1. The predicted octanol–water partition coefficient (Wildman–Crippen LogP) is 3.12. The van der Waals surface area contributed by atoms with Crippen molar-refractivity contribution in [3.8, 4) is 0 Å². The fourth-order valence-electron chi connectivity index (χ4n) is 1.67. The van der Waals surface area contributed by atoms with E-state index in [0.717, 1.165) is 24.2 Å². The first kappa shape index (κ1) is 14.6. The predicted molar refractivity (Wildman–Crippen MR) is 76.5 cm³/mol. The molecule has 0 saturated heterocycles. The largest absolute Gasteiger partial charge is 0.385 e. The molecule has 0 spiro atoms. The van der Waals surface area contributed by atoms with Gasteiger partial charge in [0.2, 0.25) is 5.91 Å². The van der Waals surface area contributed by atoms with E-state index >= 15 is 0 Å². The molecule has 0 unspecified atom stereocenters. The van der Waals surface area contributed by atoms with Crippen molar-refractivity contribution in [1.29, 1.82) is 0 Å². The number of carbonyl (C=O) groups excluding carboxylic acids is 1. The normalized spacial score (nSPS) is 10.5. The molecule has 18 heavy (non-hydrogen) atoms. The minimum absolute atomic E-state index is 0.0909. The van der Waals surface area contributed by atoms with E-state index in [0.29, 0.717) is 12.5 Å². The molecule has 1 aromatic rings. The van der Waals surface area contributed by atoms with Crippen LogP contribution in [0.5, 0.6) is 0 Å². The molecule has 100 valence electrons. The lowest BCUT2D eigenvalue weighted by Crippen LogP contribution is -2.23. The Labute approximate surface area is 110 Å². The quantitative estimate of drug-likeness (QED) is 0.839. The molecule has 0 fully saturated rings. The molecular weight excluding hydrogens is 224 g/mol. The first-order valence-electron chi connectivity index (χ1n) is 6.53. The maximum absolute atomic E-state index is 11.2. The fourth-order valence-corrected chi connectivity index (χ4v) is 1.67. The van der Waals surface area contributed by atoms with Gasteiger partial charge < -0.3 is 10.2 Å². The van der Waals surface area contributed by atoms with Gasteiger partial charge in [0.1, 0.15) is 0 Å². The average molecular weight is 248 g/mol. The number of hydrogen-bond donors (Lipinski definition) is 1. The molecule has 0 atom stereocenters. The third kappa shape index (κ3) is 5.21. The Balaban J connectivity index is 2.54. The standard InChI is InChI=1S/C15H24N2O/c1-12(2)8-9-16-15-7-5-6-14(10-15)11-17(4)13(3)18/h5-7,10,12,16H,8-9,11H2,1-4H3. The summed E-state index contributed by atoms with van der Waals surface area (Å²) in [6.07, 6.45) is 1.16. The molecule has 3 nitrogen and oxygen atoms in total. The molecule has 1 aromatic carbocycles. The molecule has 3 heteroatoms. The van der Waals surface area contributed by atoms with E-state index in [4.69, 9.17) is 0 Å². The van der Waals surface area contributed by atoms with Gasteiger partial charge >= 0.3 is 0 Å². The molecule has 0 radical (unpaired) electrons. The number of hydrogen-bond acceptors (Lipinski definition) is 2. The minimum atomic E-state index is 0.0909. The van der Waals surface area contributed by atoms with Crippen LogP contribution in [0.3, 0.4) is 0 Å². The van der Waals surface area contributed by atoms with Crippen molar-refractivity contribution in [2.75, 3.05) is 18.9 Å². The zero-order chi connectivity index (χ0) is 13.5. The molecule has 0 aliphatic heterocycles. The van der Waals surface area contributed by atoms with Crippen LogP contribution in [0.25, 0.3) is 0 Å². The van der Waals surface area contributed by atoms with Gasteiger partial charge in [0.25, 0.3) is 0 Å². The van der Waals surface area contributed by atoms with Crippen LogP contribution in [0, 0.1) is 5.92 Å². The van der Waals surface area contributed by atoms with E-state index in [1.54, 1.807) is 11.8 Å². The summed E-state index contributed by atoms with van der Waals surface area (Å²) in [5, 5.41) is 3.42. The molecule has 1 N–H and O–H groups in total. The van der Waals surface area contributed by atoms with Crippen molar-refractivity contribution < 1.29 is 4.79 Å². The number of nitrogens with zero attached hydrogens (tertiary/aromatic N) is 1. The van der Waals surface area contributed by atoms with E-state index in [1.165, 1.54) is 0 Å². The Morgan fingerprint density at radius 2 is 2.11 bits per heavy atom. The van der Waals surface area contributed by atoms with Crippen molar-refractivity contribution in [2.45, 2.75) is 33.7 Å². The number of amides is 1. The third-order valence-electron chi connectivity index (χ3n) is 2.94. The lowest BCUT2D eigenvalue weighted by Gasteiger charge is -2.16. The highest BCUT2D eigenvalue weighted by molar-refractivity contribution is 5.72. The first-order chi connectivity index (χ1) is 8.49. The second kappa shape index (κ2) is 7.04. The second-order valence-electron chi connectivity index (χ2n) is 5.18. The molecule has 0 aliphatic rings. The summed E-state index contributed by atoms with van der Waals surface area (Å²) in [5.74, 6) is 0.803. The summed E-state index contributed by atoms with van der Waals surface area (Å²) in [6, 6.07) is 8.26. The lowest BCUT2D eigenvalue weighted by atomic mass is 10.1. The molecule has 0 heterocycles. The third-order valence-corrected chi connectivity index (χ3v) is 2.94. The Kier molecular flexibility index (Phi) is 5.69. The highest BCUT2D eigenvalue weighted by Crippen LogP contribution is 2.13. The van der Waals surface area contributed by atoms with E-state index in [-0.39, 0.29) is 5.91 Å². The summed E-state index contributed by atoms with van der Waals surface area (Å²) >= 11 is 0. The van der Waals surface area contributed by atoms with Crippen LogP contribution in [0.2, 0.25) is 0 Å². The topological polar surface area (TPSA) is 32.3 Å². The van der Waals surface area contributed by atoms with Gasteiger partial charge in [-0.2, -0.15) is 0 Å². The van der Waals surface area contributed by atoms with Gasteiger partial charge in [0, 0.05) is 32.7 Å². The van der Waals surface area contributed by atoms with Crippen LogP contribution < -0.4 is 5.32 Å². The van der Waals surface area contributed by atoms with E-state index < -0.39 is 0 Å². The number of nitrogens with one attached hydrogen (secondary N) is 1. The van der Waals surface area contributed by atoms with Gasteiger partial charge in [0.05, 0.1) is 0 Å². The zero-order valence-corrected chi connectivity index (χ0v) is 11.9. The first-order valence-corrected chi connectivity index (χ1v) is 6.53. The van der Waals surface area contributed by atoms with E-state index in [1.807, 2.05) is 19.2 Å². The lowest BCUT2D eigenvalue weighted by molar-refractivity contribution is -0.128. The molecule has 0 saturated carbocycles. The van der Waals surface area contributed by atoms with Crippen LogP contribution in [0.15, 0.2) is 24.3 Å². The van der Waals surface area contributed by atoms with Crippen molar-refractivity contribution in [1.82, 2.24) is 4.90 Å². The van der Waals surface area contributed by atoms with Gasteiger partial charge in [-0.1, -0.05) is 26.0 Å². The SMILES string of the molecule is CC(=O)N(C)Cc1cccc(NCCC(C)C)c1. The second-order valence-corrected chi connectivity index (χ2v) is 5.18. The van der Waals surface area contributed by atoms with Crippen LogP contribution >= 0.6 is 0 Å². The van der Waals surface area contributed by atoms with Crippen molar-refractivity contribution in [2.24, 2.45) is 5.92 Å². The summed E-state index contributed by atoms with van der Waals surface area (Å²) in [4.78, 5) is 12.9. The Hall–Kier alpha value is -1.51. The van der Waals surface area contributed by atoms with Crippen LogP contribution in [0.1, 0.15) is 32.8 Å². The Bertz CT molecular complexity index is 388. The van der Waals surface area contributed by atoms with Gasteiger partial charge in [-0.3, -0.25) is 4.79 Å². The molecule has 1 rings (SSSR count). The minimum Gasteiger partial charge on any atom is -0.385 e. The summed E-state index contributed by atoms with van der Waals surface area (Å²) in [5.41, 5.74) is 2.28. The smallest absolute Gasteiger partial charge is 0.219 e. The highest BCUT2D eigenvalue weighted by atomic mass is 16.2. The van der Waals surface area contributed by atoms with Gasteiger partial charge in [-0.25, -0.2) is 0 Å². The maximum Gasteiger partial charge on any atom is 0.219 e. The number of benzene rings is 1. The summed E-state index contributed by atoms with van der Waals surface area (Å²) in [6.45, 7) is 7.68. The number of anilines is 1. The van der Waals surface area contributed by atoms with E-state index in [2.05, 4.69) is 31.3 Å². The zero-order valence-electron chi connectivity index (χ0n) is 11.9. The Morgan fingerprint density at radius 3 is 2.72 bits per heavy atom. The van der Waals surface area contributed by atoms with Crippen molar-refractivity contribution in [3.63, 3.8) is 0 Å². The maximum atomic E-state index is 11.2. The van der Waals surface area contributed by atoms with Crippen LogP contribution in [-0.2, 0) is 11.3 Å². The van der Waals surface area contributed by atoms with E-state index in [9.17, 15) is 4.79 Å². The van der Waals surface area contributed by atoms with Crippen molar-refractivity contribution >= 4 is 11.6 Å². The van der Waals surface area contributed by atoms with Crippen LogP contribution in [0.4, 0.5) is 5.69 Å². The highest BCUT2D eigenvalue weighted by Gasteiger charge is 2.03. The Morgan fingerprint density at radius 1 is 1.39 bits per heavy atom. The van der Waals surface area contributed by atoms with Gasteiger partial charge in [-0.15, -0.1) is 0 Å². The summed E-state index contributed by atoms with van der Waals surface area (Å²) < 4.78 is 0. The van der Waals surface area contributed by atoms with Crippen LogP contribution in [-0.4, -0.2) is 24.4 Å².